The van der Waals surface area contributed by atoms with Crippen LogP contribution in [0.15, 0.2) is 0 Å². The molecule has 6 heteroatoms. The van der Waals surface area contributed by atoms with Crippen LogP contribution in [0.25, 0.3) is 0 Å². The summed E-state index contributed by atoms with van der Waals surface area (Å²) in [6.07, 6.45) is 4.88. The summed E-state index contributed by atoms with van der Waals surface area (Å²) in [6.45, 7) is 6.20. The lowest BCUT2D eigenvalue weighted by Crippen LogP contribution is -2.20. The van der Waals surface area contributed by atoms with E-state index in [1.165, 1.54) is 19.3 Å². The maximum Gasteiger partial charge on any atom is 0.231 e. The van der Waals surface area contributed by atoms with E-state index in [1.54, 1.807) is 0 Å². The molecular formula is C14H26N6. The van der Waals surface area contributed by atoms with Crippen LogP contribution in [0.3, 0.4) is 0 Å². The Morgan fingerprint density at radius 1 is 1.05 bits per heavy atom. The highest BCUT2D eigenvalue weighted by molar-refractivity contribution is 5.43. The van der Waals surface area contributed by atoms with Gasteiger partial charge in [-0.3, -0.25) is 0 Å². The molecule has 2 rings (SSSR count). The van der Waals surface area contributed by atoms with Gasteiger partial charge in [0.2, 0.25) is 17.8 Å². The van der Waals surface area contributed by atoms with Crippen molar-refractivity contribution in [2.24, 2.45) is 5.41 Å². The molecule has 1 aromatic rings. The molecule has 1 fully saturated rings. The molecule has 1 aliphatic carbocycles. The standard InChI is InChI=1S/C14H26N6/c1-5-9-15-11-17-12(19-13(18-11)20(3)4)16-10-14(6-2)7-8-14/h5-10H2,1-4H3,(H2,15,16,17,18,19). The van der Waals surface area contributed by atoms with Gasteiger partial charge in [0.05, 0.1) is 0 Å². The Labute approximate surface area is 121 Å². The summed E-state index contributed by atoms with van der Waals surface area (Å²) in [4.78, 5) is 15.2. The zero-order chi connectivity index (χ0) is 14.6. The summed E-state index contributed by atoms with van der Waals surface area (Å²) >= 11 is 0. The van der Waals surface area contributed by atoms with E-state index in [9.17, 15) is 0 Å². The predicted octanol–water partition coefficient (Wildman–Crippen LogP) is 2.36. The van der Waals surface area contributed by atoms with Gasteiger partial charge >= 0.3 is 0 Å². The van der Waals surface area contributed by atoms with Gasteiger partial charge in [0.15, 0.2) is 0 Å². The SMILES string of the molecule is CCCNc1nc(NCC2(CC)CC2)nc(N(C)C)n1. The van der Waals surface area contributed by atoms with Crippen LogP contribution in [0.4, 0.5) is 17.8 Å². The fourth-order valence-electron chi connectivity index (χ4n) is 2.06. The van der Waals surface area contributed by atoms with Crippen molar-refractivity contribution in [3.05, 3.63) is 0 Å². The molecule has 1 aliphatic rings. The van der Waals surface area contributed by atoms with E-state index in [2.05, 4.69) is 39.4 Å². The molecule has 6 nitrogen and oxygen atoms in total. The van der Waals surface area contributed by atoms with E-state index in [-0.39, 0.29) is 0 Å². The predicted molar refractivity (Wildman–Crippen MR) is 83.4 cm³/mol. The van der Waals surface area contributed by atoms with Gasteiger partial charge in [-0.1, -0.05) is 13.8 Å². The molecule has 0 unspecified atom stereocenters. The third-order valence-electron chi connectivity index (χ3n) is 3.89. The van der Waals surface area contributed by atoms with Crippen LogP contribution in [0.5, 0.6) is 0 Å². The fourth-order valence-corrected chi connectivity index (χ4v) is 2.06. The smallest absolute Gasteiger partial charge is 0.231 e. The molecule has 0 aliphatic heterocycles. The Hall–Kier alpha value is -1.59. The maximum absolute atomic E-state index is 4.46. The Morgan fingerprint density at radius 3 is 2.20 bits per heavy atom. The number of hydrogen-bond donors (Lipinski definition) is 2. The first-order valence-electron chi connectivity index (χ1n) is 7.50. The summed E-state index contributed by atoms with van der Waals surface area (Å²) in [7, 11) is 3.88. The van der Waals surface area contributed by atoms with E-state index in [4.69, 9.17) is 0 Å². The first-order valence-corrected chi connectivity index (χ1v) is 7.50. The van der Waals surface area contributed by atoms with E-state index in [1.807, 2.05) is 19.0 Å². The van der Waals surface area contributed by atoms with Crippen molar-refractivity contribution in [2.45, 2.75) is 39.5 Å². The number of rotatable bonds is 8. The Balaban J connectivity index is 2.07. The molecule has 0 atom stereocenters. The quantitative estimate of drug-likeness (QED) is 0.761. The lowest BCUT2D eigenvalue weighted by atomic mass is 10.0. The van der Waals surface area contributed by atoms with Gasteiger partial charge in [0.25, 0.3) is 0 Å². The van der Waals surface area contributed by atoms with Crippen molar-refractivity contribution in [2.75, 3.05) is 42.7 Å². The van der Waals surface area contributed by atoms with Gasteiger partial charge in [0.1, 0.15) is 0 Å². The summed E-state index contributed by atoms with van der Waals surface area (Å²) in [5.74, 6) is 2.00. The largest absolute Gasteiger partial charge is 0.354 e. The molecule has 2 N–H and O–H groups in total. The fraction of sp³-hybridized carbons (Fsp3) is 0.786. The Morgan fingerprint density at radius 2 is 1.70 bits per heavy atom. The zero-order valence-electron chi connectivity index (χ0n) is 13.0. The van der Waals surface area contributed by atoms with Crippen LogP contribution in [0, 0.1) is 5.41 Å². The highest BCUT2D eigenvalue weighted by Crippen LogP contribution is 2.48. The van der Waals surface area contributed by atoms with Crippen LogP contribution in [-0.4, -0.2) is 42.1 Å². The summed E-state index contributed by atoms with van der Waals surface area (Å²) in [6, 6.07) is 0. The molecule has 1 aromatic heterocycles. The topological polar surface area (TPSA) is 66.0 Å². The molecule has 112 valence electrons. The van der Waals surface area contributed by atoms with Crippen molar-refractivity contribution in [3.8, 4) is 0 Å². The zero-order valence-corrected chi connectivity index (χ0v) is 13.0. The highest BCUT2D eigenvalue weighted by Gasteiger charge is 2.40. The second kappa shape index (κ2) is 6.24. The lowest BCUT2D eigenvalue weighted by molar-refractivity contribution is 0.519. The molecule has 0 bridgehead atoms. The minimum absolute atomic E-state index is 0.474. The third kappa shape index (κ3) is 3.71. The second-order valence-electron chi connectivity index (χ2n) is 5.81. The number of nitrogens with one attached hydrogen (secondary N) is 2. The first-order chi connectivity index (χ1) is 9.58. The van der Waals surface area contributed by atoms with E-state index in [0.29, 0.717) is 23.3 Å². The summed E-state index contributed by atoms with van der Waals surface area (Å²) in [5, 5.41) is 6.61. The molecule has 20 heavy (non-hydrogen) atoms. The number of hydrogen-bond acceptors (Lipinski definition) is 6. The van der Waals surface area contributed by atoms with Crippen LogP contribution in [0.2, 0.25) is 0 Å². The molecule has 0 radical (unpaired) electrons. The molecular weight excluding hydrogens is 252 g/mol. The Bertz CT molecular complexity index is 441. The number of nitrogens with zero attached hydrogens (tertiary/aromatic N) is 4. The minimum atomic E-state index is 0.474. The average Bonchev–Trinajstić information content (AvgIpc) is 3.23. The monoisotopic (exact) mass is 278 g/mol. The van der Waals surface area contributed by atoms with E-state index < -0.39 is 0 Å². The molecule has 1 heterocycles. The molecule has 1 saturated carbocycles. The molecule has 0 saturated heterocycles. The third-order valence-corrected chi connectivity index (χ3v) is 3.89. The molecule has 0 aromatic carbocycles. The van der Waals surface area contributed by atoms with Gasteiger partial charge in [-0.2, -0.15) is 15.0 Å². The van der Waals surface area contributed by atoms with Crippen molar-refractivity contribution >= 4 is 17.8 Å². The van der Waals surface area contributed by atoms with E-state index in [0.717, 1.165) is 19.5 Å². The summed E-state index contributed by atoms with van der Waals surface area (Å²) < 4.78 is 0. The highest BCUT2D eigenvalue weighted by atomic mass is 15.3. The lowest BCUT2D eigenvalue weighted by Gasteiger charge is -2.16. The van der Waals surface area contributed by atoms with Crippen molar-refractivity contribution in [1.82, 2.24) is 15.0 Å². The van der Waals surface area contributed by atoms with Crippen LogP contribution >= 0.6 is 0 Å². The van der Waals surface area contributed by atoms with Crippen molar-refractivity contribution in [3.63, 3.8) is 0 Å². The maximum atomic E-state index is 4.46. The summed E-state index contributed by atoms with van der Waals surface area (Å²) in [5.41, 5.74) is 0.474. The van der Waals surface area contributed by atoms with Gasteiger partial charge in [0, 0.05) is 27.2 Å². The van der Waals surface area contributed by atoms with E-state index >= 15 is 0 Å². The van der Waals surface area contributed by atoms with Gasteiger partial charge in [-0.05, 0) is 31.1 Å². The Kier molecular flexibility index (Phi) is 4.62. The number of anilines is 3. The average molecular weight is 278 g/mol. The van der Waals surface area contributed by atoms with Crippen molar-refractivity contribution < 1.29 is 0 Å². The number of aromatic nitrogens is 3. The van der Waals surface area contributed by atoms with Crippen LogP contribution < -0.4 is 15.5 Å². The second-order valence-corrected chi connectivity index (χ2v) is 5.81. The minimum Gasteiger partial charge on any atom is -0.354 e. The van der Waals surface area contributed by atoms with Crippen LogP contribution in [0.1, 0.15) is 39.5 Å². The van der Waals surface area contributed by atoms with Gasteiger partial charge in [-0.25, -0.2) is 0 Å². The normalized spacial score (nSPS) is 15.8. The van der Waals surface area contributed by atoms with Crippen LogP contribution in [-0.2, 0) is 0 Å². The first kappa shape index (κ1) is 14.8. The molecule has 0 spiro atoms. The van der Waals surface area contributed by atoms with Crippen molar-refractivity contribution in [1.29, 1.82) is 0 Å². The molecule has 0 amide bonds. The van der Waals surface area contributed by atoms with Gasteiger partial charge < -0.3 is 15.5 Å². The van der Waals surface area contributed by atoms with Gasteiger partial charge in [-0.15, -0.1) is 0 Å².